The van der Waals surface area contributed by atoms with Gasteiger partial charge in [-0.1, -0.05) is 0 Å². The molecule has 0 aliphatic rings. The topological polar surface area (TPSA) is 67.5 Å². The molecule has 0 unspecified atom stereocenters. The van der Waals surface area contributed by atoms with Crippen molar-refractivity contribution >= 4 is 61.4 Å². The summed E-state index contributed by atoms with van der Waals surface area (Å²) in [5.74, 6) is 0. The fraction of sp³-hybridized carbons (Fsp3) is 0.0714. The van der Waals surface area contributed by atoms with Gasteiger partial charge in [0.15, 0.2) is 0 Å². The minimum Gasteiger partial charge on any atom is -0.278 e. The summed E-state index contributed by atoms with van der Waals surface area (Å²) in [5, 5.41) is 14.7. The number of anilines is 1. The van der Waals surface area contributed by atoms with Gasteiger partial charge < -0.3 is 0 Å². The van der Waals surface area contributed by atoms with E-state index in [1.165, 1.54) is 25.7 Å². The van der Waals surface area contributed by atoms with Gasteiger partial charge in [0, 0.05) is 26.4 Å². The molecule has 0 atom stereocenters. The summed E-state index contributed by atoms with van der Waals surface area (Å²) in [6.45, 7) is 0. The molecular weight excluding hydrogens is 338 g/mol. The first-order valence-corrected chi connectivity index (χ1v) is 9.12. The van der Waals surface area contributed by atoms with Crippen LogP contribution in [0.15, 0.2) is 45.7 Å². The molecule has 0 aliphatic heterocycles. The highest BCUT2D eigenvalue weighted by Crippen LogP contribution is 2.36. The van der Waals surface area contributed by atoms with Crippen LogP contribution in [0.3, 0.4) is 0 Å². The molecule has 3 aromatic rings. The van der Waals surface area contributed by atoms with E-state index < -0.39 is 4.92 Å². The van der Waals surface area contributed by atoms with Gasteiger partial charge in [0.1, 0.15) is 0 Å². The van der Waals surface area contributed by atoms with Crippen molar-refractivity contribution < 1.29 is 4.92 Å². The normalized spacial score (nSPS) is 11.3. The third-order valence-corrected chi connectivity index (χ3v) is 6.16. The molecule has 2 aromatic heterocycles. The van der Waals surface area contributed by atoms with E-state index in [0.29, 0.717) is 5.69 Å². The van der Waals surface area contributed by atoms with Gasteiger partial charge >= 0.3 is 0 Å². The summed E-state index contributed by atoms with van der Waals surface area (Å²) >= 11 is 5.23. The number of hydrogen-bond donors (Lipinski definition) is 1. The molecule has 5 nitrogen and oxygen atoms in total. The van der Waals surface area contributed by atoms with E-state index in [-0.39, 0.29) is 5.69 Å². The molecule has 0 saturated carbocycles. The number of nitrogens with zero attached hydrogens (tertiary/aromatic N) is 2. The SMILES string of the molecule is CSc1cc2sc(C=NNc3ccc([N+](=O)[O-])cc3)cc2s1. The molecule has 22 heavy (non-hydrogen) atoms. The Balaban J connectivity index is 1.67. The van der Waals surface area contributed by atoms with E-state index in [9.17, 15) is 10.1 Å². The molecule has 0 saturated heterocycles. The summed E-state index contributed by atoms with van der Waals surface area (Å²) in [6, 6.07) is 10.5. The minimum absolute atomic E-state index is 0.0672. The maximum Gasteiger partial charge on any atom is 0.269 e. The standard InChI is InChI=1S/C14H11N3O2S3/c1-20-14-7-13-12(22-14)6-11(21-13)8-15-16-9-2-4-10(5-3-9)17(18)19/h2-8,16H,1H3. The van der Waals surface area contributed by atoms with Crippen molar-refractivity contribution in [2.24, 2.45) is 5.10 Å². The predicted molar refractivity (Wildman–Crippen MR) is 95.8 cm³/mol. The van der Waals surface area contributed by atoms with Crippen molar-refractivity contribution in [3.8, 4) is 0 Å². The molecule has 0 amide bonds. The Bertz CT molecular complexity index is 805. The van der Waals surface area contributed by atoms with Crippen molar-refractivity contribution in [3.63, 3.8) is 0 Å². The number of benzene rings is 1. The van der Waals surface area contributed by atoms with Crippen LogP contribution in [-0.2, 0) is 0 Å². The third-order valence-electron chi connectivity index (χ3n) is 2.87. The summed E-state index contributed by atoms with van der Waals surface area (Å²) in [5.41, 5.74) is 3.65. The van der Waals surface area contributed by atoms with Crippen LogP contribution in [0.2, 0.25) is 0 Å². The van der Waals surface area contributed by atoms with Gasteiger partial charge in [-0.25, -0.2) is 0 Å². The number of rotatable bonds is 5. The van der Waals surface area contributed by atoms with Crippen molar-refractivity contribution in [1.82, 2.24) is 0 Å². The van der Waals surface area contributed by atoms with Crippen molar-refractivity contribution in [2.45, 2.75) is 4.21 Å². The number of thioether (sulfide) groups is 1. The van der Waals surface area contributed by atoms with E-state index in [2.05, 4.69) is 28.9 Å². The largest absolute Gasteiger partial charge is 0.278 e. The molecule has 0 spiro atoms. The van der Waals surface area contributed by atoms with Crippen molar-refractivity contribution in [2.75, 3.05) is 11.7 Å². The molecule has 2 heterocycles. The van der Waals surface area contributed by atoms with Gasteiger partial charge in [0.25, 0.3) is 5.69 Å². The van der Waals surface area contributed by atoms with Gasteiger partial charge in [0.05, 0.1) is 21.0 Å². The Morgan fingerprint density at radius 3 is 2.59 bits per heavy atom. The number of hydrazone groups is 1. The molecule has 1 N–H and O–H groups in total. The van der Waals surface area contributed by atoms with Gasteiger partial charge in [-0.3, -0.25) is 15.5 Å². The van der Waals surface area contributed by atoms with Crippen LogP contribution in [0.25, 0.3) is 9.40 Å². The van der Waals surface area contributed by atoms with Crippen LogP contribution in [0.5, 0.6) is 0 Å². The quantitative estimate of drug-likeness (QED) is 0.303. The monoisotopic (exact) mass is 349 g/mol. The Kier molecular flexibility index (Phi) is 4.41. The summed E-state index contributed by atoms with van der Waals surface area (Å²) in [6.07, 6.45) is 3.84. The molecule has 112 valence electrons. The fourth-order valence-electron chi connectivity index (χ4n) is 1.82. The molecular formula is C14H11N3O2S3. The number of nitro benzene ring substituents is 1. The van der Waals surface area contributed by atoms with E-state index >= 15 is 0 Å². The number of hydrogen-bond acceptors (Lipinski definition) is 7. The van der Waals surface area contributed by atoms with Gasteiger partial charge in [-0.2, -0.15) is 5.10 Å². The van der Waals surface area contributed by atoms with Crippen LogP contribution in [-0.4, -0.2) is 17.4 Å². The first-order chi connectivity index (χ1) is 10.7. The predicted octanol–water partition coefficient (Wildman–Crippen LogP) is 5.04. The van der Waals surface area contributed by atoms with Crippen molar-refractivity contribution in [1.29, 1.82) is 0 Å². The zero-order valence-corrected chi connectivity index (χ0v) is 13.9. The first-order valence-electron chi connectivity index (χ1n) is 6.26. The lowest BCUT2D eigenvalue weighted by Gasteiger charge is -1.98. The Morgan fingerprint density at radius 2 is 1.95 bits per heavy atom. The third kappa shape index (κ3) is 3.29. The zero-order valence-electron chi connectivity index (χ0n) is 11.5. The molecule has 0 aliphatic carbocycles. The van der Waals surface area contributed by atoms with Crippen LogP contribution in [0.4, 0.5) is 11.4 Å². The second-order valence-electron chi connectivity index (χ2n) is 4.32. The molecule has 1 aromatic carbocycles. The maximum absolute atomic E-state index is 10.6. The van der Waals surface area contributed by atoms with Gasteiger partial charge in [-0.15, -0.1) is 34.4 Å². The fourth-order valence-corrected chi connectivity index (χ4v) is 4.75. The lowest BCUT2D eigenvalue weighted by molar-refractivity contribution is -0.384. The highest BCUT2D eigenvalue weighted by molar-refractivity contribution is 8.00. The number of nitro groups is 1. The average molecular weight is 349 g/mol. The van der Waals surface area contributed by atoms with Crippen LogP contribution >= 0.6 is 34.4 Å². The summed E-state index contributed by atoms with van der Waals surface area (Å²) in [7, 11) is 0. The van der Waals surface area contributed by atoms with E-state index in [0.717, 1.165) is 4.88 Å². The average Bonchev–Trinajstić information content (AvgIpc) is 3.05. The summed E-state index contributed by atoms with van der Waals surface area (Å²) < 4.78 is 3.85. The highest BCUT2D eigenvalue weighted by atomic mass is 32.2. The maximum atomic E-state index is 10.6. The Labute approximate surface area is 138 Å². The first kappa shape index (κ1) is 15.0. The molecule has 0 radical (unpaired) electrons. The number of fused-ring (bicyclic) bond motifs is 1. The second-order valence-corrected chi connectivity index (χ2v) is 7.63. The summed E-state index contributed by atoms with van der Waals surface area (Å²) in [4.78, 5) is 11.2. The lowest BCUT2D eigenvalue weighted by Crippen LogP contribution is -1.91. The lowest BCUT2D eigenvalue weighted by atomic mass is 10.3. The van der Waals surface area contributed by atoms with E-state index in [4.69, 9.17) is 0 Å². The Hall–Kier alpha value is -1.90. The number of thiophene rings is 2. The van der Waals surface area contributed by atoms with Gasteiger partial charge in [-0.05, 0) is 30.5 Å². The highest BCUT2D eigenvalue weighted by Gasteiger charge is 2.05. The van der Waals surface area contributed by atoms with Crippen LogP contribution in [0.1, 0.15) is 4.88 Å². The Morgan fingerprint density at radius 1 is 1.23 bits per heavy atom. The second kappa shape index (κ2) is 6.47. The van der Waals surface area contributed by atoms with Crippen LogP contribution in [0, 0.1) is 10.1 Å². The van der Waals surface area contributed by atoms with E-state index in [1.807, 2.05) is 0 Å². The minimum atomic E-state index is -0.422. The van der Waals surface area contributed by atoms with Crippen molar-refractivity contribution in [3.05, 3.63) is 51.4 Å². The van der Waals surface area contributed by atoms with Gasteiger partial charge in [0.2, 0.25) is 0 Å². The molecule has 8 heteroatoms. The number of nitrogens with one attached hydrogen (secondary N) is 1. The molecule has 3 rings (SSSR count). The zero-order chi connectivity index (χ0) is 15.5. The smallest absolute Gasteiger partial charge is 0.269 e. The molecule has 0 bridgehead atoms. The van der Waals surface area contributed by atoms with Crippen LogP contribution < -0.4 is 5.43 Å². The molecule has 0 fully saturated rings. The number of non-ortho nitro benzene ring substituents is 1. The van der Waals surface area contributed by atoms with E-state index in [1.54, 1.807) is 52.8 Å².